The number of allylic oxidation sites excluding steroid dienone is 5. The number of Topliss-reactive ketones (excluding diaryl/α,β-unsaturated/α-hetero) is 1. The van der Waals surface area contributed by atoms with Gasteiger partial charge >= 0.3 is 12.4 Å². The first-order valence-corrected chi connectivity index (χ1v) is 16.9. The number of hydrogen-bond acceptors (Lipinski definition) is 1. The Hall–Kier alpha value is -2.31. The molecule has 0 N–H and O–H groups in total. The summed E-state index contributed by atoms with van der Waals surface area (Å²) >= 11 is 0. The number of benzene rings is 1. The van der Waals surface area contributed by atoms with Crippen molar-refractivity contribution in [2.24, 2.45) is 45.3 Å². The first-order chi connectivity index (χ1) is 21.1. The summed E-state index contributed by atoms with van der Waals surface area (Å²) in [7, 11) is 0. The van der Waals surface area contributed by atoms with Crippen molar-refractivity contribution in [1.82, 2.24) is 0 Å². The van der Waals surface area contributed by atoms with E-state index in [9.17, 15) is 31.1 Å². The molecule has 0 saturated heterocycles. The van der Waals surface area contributed by atoms with Crippen LogP contribution >= 0.6 is 0 Å². The monoisotopic (exact) mass is 648 g/mol. The van der Waals surface area contributed by atoms with Gasteiger partial charge in [0.1, 0.15) is 0 Å². The summed E-state index contributed by atoms with van der Waals surface area (Å²) in [5.41, 5.74) is -0.801. The van der Waals surface area contributed by atoms with Gasteiger partial charge in [-0.3, -0.25) is 4.79 Å². The normalized spacial score (nSPS) is 37.0. The van der Waals surface area contributed by atoms with Gasteiger partial charge in [-0.05, 0) is 147 Å². The lowest BCUT2D eigenvalue weighted by molar-refractivity contribution is -0.195. The maximum Gasteiger partial charge on any atom is 0.416 e. The number of ketones is 1. The fourth-order valence-corrected chi connectivity index (χ4v) is 11.2. The number of carbonyl (C=O) groups excluding carboxylic acids is 1. The Morgan fingerprint density at radius 2 is 1.37 bits per heavy atom. The van der Waals surface area contributed by atoms with Crippen LogP contribution in [0.2, 0.25) is 0 Å². The van der Waals surface area contributed by atoms with E-state index >= 15 is 0 Å². The van der Waals surface area contributed by atoms with Gasteiger partial charge in [-0.15, -0.1) is 0 Å². The van der Waals surface area contributed by atoms with E-state index in [1.165, 1.54) is 17.2 Å². The van der Waals surface area contributed by atoms with Gasteiger partial charge in [0.05, 0.1) is 11.1 Å². The van der Waals surface area contributed by atoms with Crippen LogP contribution in [0.3, 0.4) is 0 Å². The number of fused-ring (bicyclic) bond motifs is 5. The molecule has 0 unspecified atom stereocenters. The van der Waals surface area contributed by atoms with E-state index < -0.39 is 28.9 Å². The van der Waals surface area contributed by atoms with E-state index in [0.717, 1.165) is 57.1 Å². The van der Waals surface area contributed by atoms with Crippen LogP contribution in [0, 0.1) is 45.3 Å². The maximum absolute atomic E-state index is 14.0. The molecule has 4 aliphatic rings. The molecule has 0 spiro atoms. The highest BCUT2D eigenvalue weighted by atomic mass is 19.4. The van der Waals surface area contributed by atoms with Gasteiger partial charge in [0, 0.05) is 5.41 Å². The molecule has 1 aromatic carbocycles. The summed E-state index contributed by atoms with van der Waals surface area (Å²) in [6, 6.07) is 1.62. The Balaban J connectivity index is 1.53. The predicted molar refractivity (Wildman–Crippen MR) is 172 cm³/mol. The molecule has 0 radical (unpaired) electrons. The average molecular weight is 649 g/mol. The molecule has 254 valence electrons. The summed E-state index contributed by atoms with van der Waals surface area (Å²) in [6.45, 7) is 17.6. The SMILES string of the molecule is CC(C)=CC/C=C(/C)[C@H]1CC[C@]2(C)[C@@H]1CC[C@@H]1[C@@]3(C)C/C(=C/c4cc(C(F)(F)F)cc(C(F)(F)F)c4)C(=O)C(C)(C)[C@@H]3CC[C@]12C. The number of halogens is 6. The standard InChI is InChI=1S/C39H50F6O/c1-23(2)10-9-11-24(3)29-14-16-36(7)30(29)12-13-32-35(6)22-26(33(46)34(4,5)31(35)15-17-37(32,36)8)18-25-19-27(38(40,41)42)21-28(20-25)39(43,44)45/h10-11,18-21,29-32H,9,12-17,22H2,1-8H3/b24-11-,26-18-/t29-,30-,31+,32-,35+,36-,37-/m1/s1. The van der Waals surface area contributed by atoms with Crippen LogP contribution in [0.25, 0.3) is 6.08 Å². The minimum Gasteiger partial charge on any atom is -0.294 e. The average Bonchev–Trinajstić information content (AvgIpc) is 3.28. The molecule has 0 bridgehead atoms. The molecule has 46 heavy (non-hydrogen) atoms. The van der Waals surface area contributed by atoms with E-state index in [2.05, 4.69) is 53.7 Å². The lowest BCUT2D eigenvalue weighted by Gasteiger charge is -2.69. The van der Waals surface area contributed by atoms with Crippen LogP contribution in [-0.4, -0.2) is 5.78 Å². The molecule has 7 atom stereocenters. The van der Waals surface area contributed by atoms with Gasteiger partial charge in [0.2, 0.25) is 0 Å². The summed E-state index contributed by atoms with van der Waals surface area (Å²) in [6.07, 6.45) is 3.71. The van der Waals surface area contributed by atoms with E-state index in [1.807, 2.05) is 13.8 Å². The smallest absolute Gasteiger partial charge is 0.294 e. The second-order valence-electron chi connectivity index (χ2n) is 16.5. The van der Waals surface area contributed by atoms with Gasteiger partial charge in [0.15, 0.2) is 5.78 Å². The van der Waals surface area contributed by atoms with Crippen LogP contribution in [0.15, 0.2) is 47.1 Å². The fraction of sp³-hybridized carbons (Fsp3) is 0.667. The second kappa shape index (κ2) is 11.4. The third-order valence-corrected chi connectivity index (χ3v) is 13.5. The molecule has 0 amide bonds. The van der Waals surface area contributed by atoms with Crippen molar-refractivity contribution in [2.45, 2.75) is 119 Å². The summed E-state index contributed by atoms with van der Waals surface area (Å²) in [5, 5.41) is 0. The van der Waals surface area contributed by atoms with E-state index in [1.54, 1.807) is 0 Å². The van der Waals surface area contributed by atoms with Crippen LogP contribution in [0.1, 0.15) is 123 Å². The van der Waals surface area contributed by atoms with Gasteiger partial charge < -0.3 is 0 Å². The molecule has 0 aliphatic heterocycles. The van der Waals surface area contributed by atoms with Crippen LogP contribution in [-0.2, 0) is 17.1 Å². The molecule has 1 aromatic rings. The molecule has 5 rings (SSSR count). The minimum absolute atomic E-state index is 0.0112. The number of carbonyl (C=O) groups is 1. The minimum atomic E-state index is -4.95. The Kier molecular flexibility index (Phi) is 8.67. The van der Waals surface area contributed by atoms with Gasteiger partial charge in [0.25, 0.3) is 0 Å². The highest BCUT2D eigenvalue weighted by Crippen LogP contribution is 2.75. The van der Waals surface area contributed by atoms with Crippen molar-refractivity contribution in [3.63, 3.8) is 0 Å². The molecular formula is C39H50F6O. The number of rotatable bonds is 4. The maximum atomic E-state index is 14.0. The first-order valence-electron chi connectivity index (χ1n) is 16.9. The Labute approximate surface area is 271 Å². The van der Waals surface area contributed by atoms with Crippen molar-refractivity contribution in [3.05, 3.63) is 63.8 Å². The third-order valence-electron chi connectivity index (χ3n) is 13.5. The molecule has 4 fully saturated rings. The first kappa shape index (κ1) is 35.0. The molecule has 4 aliphatic carbocycles. The summed E-state index contributed by atoms with van der Waals surface area (Å²) in [4.78, 5) is 14.0. The highest BCUT2D eigenvalue weighted by Gasteiger charge is 2.69. The fourth-order valence-electron chi connectivity index (χ4n) is 11.2. The van der Waals surface area contributed by atoms with Gasteiger partial charge in [-0.25, -0.2) is 0 Å². The lowest BCUT2D eigenvalue weighted by Crippen LogP contribution is -2.63. The van der Waals surface area contributed by atoms with Crippen molar-refractivity contribution < 1.29 is 31.1 Å². The quantitative estimate of drug-likeness (QED) is 0.180. The van der Waals surface area contributed by atoms with Crippen molar-refractivity contribution >= 4 is 11.9 Å². The zero-order valence-electron chi connectivity index (χ0n) is 28.6. The zero-order chi connectivity index (χ0) is 34.3. The number of hydrogen-bond donors (Lipinski definition) is 0. The van der Waals surface area contributed by atoms with E-state index in [4.69, 9.17) is 0 Å². The van der Waals surface area contributed by atoms with Gasteiger partial charge in [-0.2, -0.15) is 26.3 Å². The van der Waals surface area contributed by atoms with Crippen molar-refractivity contribution in [1.29, 1.82) is 0 Å². The summed E-state index contributed by atoms with van der Waals surface area (Å²) in [5.74, 6) is 1.32. The largest absolute Gasteiger partial charge is 0.416 e. The molecular weight excluding hydrogens is 598 g/mol. The lowest BCUT2D eigenvalue weighted by atomic mass is 9.35. The van der Waals surface area contributed by atoms with E-state index in [-0.39, 0.29) is 45.5 Å². The Bertz CT molecular complexity index is 1440. The Morgan fingerprint density at radius 3 is 1.93 bits per heavy atom. The second-order valence-corrected chi connectivity index (χ2v) is 16.5. The predicted octanol–water partition coefficient (Wildman–Crippen LogP) is 12.3. The Morgan fingerprint density at radius 1 is 0.783 bits per heavy atom. The van der Waals surface area contributed by atoms with Crippen molar-refractivity contribution in [2.75, 3.05) is 0 Å². The van der Waals surface area contributed by atoms with Crippen LogP contribution < -0.4 is 0 Å². The highest BCUT2D eigenvalue weighted by molar-refractivity contribution is 6.04. The van der Waals surface area contributed by atoms with E-state index in [0.29, 0.717) is 23.8 Å². The molecule has 4 saturated carbocycles. The topological polar surface area (TPSA) is 17.1 Å². The molecule has 1 nitrogen and oxygen atoms in total. The van der Waals surface area contributed by atoms with Gasteiger partial charge in [-0.1, -0.05) is 57.9 Å². The van der Waals surface area contributed by atoms with Crippen LogP contribution in [0.5, 0.6) is 0 Å². The molecule has 7 heteroatoms. The molecule has 0 heterocycles. The third kappa shape index (κ3) is 5.63. The van der Waals surface area contributed by atoms with Crippen LogP contribution in [0.4, 0.5) is 26.3 Å². The molecule has 0 aromatic heterocycles. The zero-order valence-corrected chi connectivity index (χ0v) is 28.6. The van der Waals surface area contributed by atoms with Crippen molar-refractivity contribution in [3.8, 4) is 0 Å². The number of alkyl halides is 6. The summed E-state index contributed by atoms with van der Waals surface area (Å²) < 4.78 is 82.1.